The zero-order valence-electron chi connectivity index (χ0n) is 18.9. The predicted molar refractivity (Wildman–Crippen MR) is 115 cm³/mol. The van der Waals surface area contributed by atoms with Gasteiger partial charge in [0.05, 0.1) is 6.10 Å². The second-order valence-corrected chi connectivity index (χ2v) is 10.9. The summed E-state index contributed by atoms with van der Waals surface area (Å²) in [6.07, 6.45) is 11.5. The molecule has 0 amide bonds. The number of hydrogen-bond donors (Lipinski definition) is 0. The molecule has 4 aliphatic rings. The summed E-state index contributed by atoms with van der Waals surface area (Å²) < 4.78 is 12.1. The number of hydrogen-bond acceptors (Lipinski definition) is 3. The standard InChI is InChI=1S/C25H45NO2/c1-17-9-11-26(20-7-5-6-8-20)15-23(17)21-14-25(27-4)22(13-19(21)3)24-16-28-12-10-18(24)2/h17-25H,5-16H2,1-4H3. The number of piperidine rings is 1. The van der Waals surface area contributed by atoms with Gasteiger partial charge in [0.25, 0.3) is 0 Å². The molecule has 0 radical (unpaired) electrons. The van der Waals surface area contributed by atoms with E-state index in [1.165, 1.54) is 64.5 Å². The number of nitrogens with zero attached hydrogens (tertiary/aromatic N) is 1. The van der Waals surface area contributed by atoms with Crippen molar-refractivity contribution in [1.82, 2.24) is 4.90 Å². The van der Waals surface area contributed by atoms with Gasteiger partial charge in [-0.25, -0.2) is 0 Å². The molecule has 2 saturated heterocycles. The summed E-state index contributed by atoms with van der Waals surface area (Å²) >= 11 is 0. The quantitative estimate of drug-likeness (QED) is 0.654. The first-order chi connectivity index (χ1) is 13.6. The lowest BCUT2D eigenvalue weighted by atomic mass is 9.60. The zero-order chi connectivity index (χ0) is 19.7. The van der Waals surface area contributed by atoms with Crippen LogP contribution in [0.4, 0.5) is 0 Å². The molecular weight excluding hydrogens is 346 g/mol. The van der Waals surface area contributed by atoms with Crippen LogP contribution in [0.1, 0.15) is 72.1 Å². The lowest BCUT2D eigenvalue weighted by molar-refractivity contribution is -0.101. The molecule has 2 saturated carbocycles. The van der Waals surface area contributed by atoms with Gasteiger partial charge in [-0.15, -0.1) is 0 Å². The van der Waals surface area contributed by atoms with Crippen LogP contribution in [0.5, 0.6) is 0 Å². The van der Waals surface area contributed by atoms with E-state index in [1.807, 2.05) is 7.11 Å². The van der Waals surface area contributed by atoms with Gasteiger partial charge >= 0.3 is 0 Å². The van der Waals surface area contributed by atoms with Gasteiger partial charge in [-0.05, 0) is 86.5 Å². The van der Waals surface area contributed by atoms with E-state index in [-0.39, 0.29) is 0 Å². The maximum atomic E-state index is 6.17. The van der Waals surface area contributed by atoms with Crippen molar-refractivity contribution in [1.29, 1.82) is 0 Å². The number of likely N-dealkylation sites (tertiary alicyclic amines) is 1. The first kappa shape index (κ1) is 21.1. The average molecular weight is 392 g/mol. The molecular formula is C25H45NO2. The molecule has 0 bridgehead atoms. The van der Waals surface area contributed by atoms with Crippen LogP contribution in [0.15, 0.2) is 0 Å². The van der Waals surface area contributed by atoms with Crippen molar-refractivity contribution in [2.75, 3.05) is 33.4 Å². The van der Waals surface area contributed by atoms with Crippen molar-refractivity contribution in [2.24, 2.45) is 41.4 Å². The van der Waals surface area contributed by atoms with Gasteiger partial charge in [0.15, 0.2) is 0 Å². The Morgan fingerprint density at radius 2 is 1.54 bits per heavy atom. The Morgan fingerprint density at radius 1 is 0.786 bits per heavy atom. The van der Waals surface area contributed by atoms with Crippen molar-refractivity contribution < 1.29 is 9.47 Å². The highest BCUT2D eigenvalue weighted by Gasteiger charge is 2.46. The Bertz CT molecular complexity index is 491. The molecule has 3 nitrogen and oxygen atoms in total. The molecule has 162 valence electrons. The smallest absolute Gasteiger partial charge is 0.0606 e. The third-order valence-electron chi connectivity index (χ3n) is 9.41. The molecule has 2 heterocycles. The van der Waals surface area contributed by atoms with Crippen LogP contribution >= 0.6 is 0 Å². The van der Waals surface area contributed by atoms with Gasteiger partial charge in [-0.2, -0.15) is 0 Å². The van der Waals surface area contributed by atoms with Crippen molar-refractivity contribution in [3.63, 3.8) is 0 Å². The summed E-state index contributed by atoms with van der Waals surface area (Å²) in [4.78, 5) is 2.88. The Labute approximate surface area is 173 Å². The molecule has 3 heteroatoms. The molecule has 4 rings (SSSR count). The number of ether oxygens (including phenoxy) is 2. The minimum absolute atomic E-state index is 0.435. The van der Waals surface area contributed by atoms with Crippen LogP contribution in [0, 0.1) is 41.4 Å². The van der Waals surface area contributed by atoms with E-state index in [0.29, 0.717) is 17.9 Å². The number of methoxy groups -OCH3 is 1. The summed E-state index contributed by atoms with van der Waals surface area (Å²) in [5.41, 5.74) is 0. The van der Waals surface area contributed by atoms with Crippen LogP contribution in [0.2, 0.25) is 0 Å². The lowest BCUT2D eigenvalue weighted by Gasteiger charge is -2.51. The summed E-state index contributed by atoms with van der Waals surface area (Å²) in [5, 5.41) is 0. The van der Waals surface area contributed by atoms with E-state index in [4.69, 9.17) is 9.47 Å². The molecule has 0 N–H and O–H groups in total. The predicted octanol–water partition coefficient (Wildman–Crippen LogP) is 5.24. The first-order valence-corrected chi connectivity index (χ1v) is 12.4. The van der Waals surface area contributed by atoms with Crippen LogP contribution in [0.25, 0.3) is 0 Å². The normalized spacial score (nSPS) is 46.7. The summed E-state index contributed by atoms with van der Waals surface area (Å²) in [6.45, 7) is 12.1. The molecule has 2 aliphatic heterocycles. The largest absolute Gasteiger partial charge is 0.381 e. The molecule has 8 atom stereocenters. The molecule has 28 heavy (non-hydrogen) atoms. The van der Waals surface area contributed by atoms with Crippen molar-refractivity contribution in [3.8, 4) is 0 Å². The van der Waals surface area contributed by atoms with E-state index in [0.717, 1.165) is 48.8 Å². The molecule has 0 aromatic carbocycles. The molecule has 4 fully saturated rings. The summed E-state index contributed by atoms with van der Waals surface area (Å²) in [6, 6.07) is 0.889. The van der Waals surface area contributed by atoms with Crippen molar-refractivity contribution in [3.05, 3.63) is 0 Å². The molecule has 0 spiro atoms. The van der Waals surface area contributed by atoms with Crippen LogP contribution in [-0.4, -0.2) is 50.5 Å². The fourth-order valence-corrected chi connectivity index (χ4v) is 7.45. The highest BCUT2D eigenvalue weighted by Crippen LogP contribution is 2.48. The van der Waals surface area contributed by atoms with Crippen molar-refractivity contribution in [2.45, 2.75) is 84.3 Å². The average Bonchev–Trinajstić information content (AvgIpc) is 3.24. The maximum Gasteiger partial charge on any atom is 0.0606 e. The fourth-order valence-electron chi connectivity index (χ4n) is 7.45. The lowest BCUT2D eigenvalue weighted by Crippen LogP contribution is -2.51. The van der Waals surface area contributed by atoms with Crippen LogP contribution < -0.4 is 0 Å². The third-order valence-corrected chi connectivity index (χ3v) is 9.41. The monoisotopic (exact) mass is 391 g/mol. The van der Waals surface area contributed by atoms with E-state index in [9.17, 15) is 0 Å². The Balaban J connectivity index is 1.44. The SMILES string of the molecule is COC1CC(C2CN(C3CCCC3)CCC2C)C(C)CC1C1COCCC1C. The summed E-state index contributed by atoms with van der Waals surface area (Å²) in [5.74, 6) is 5.56. The first-order valence-electron chi connectivity index (χ1n) is 12.4. The highest BCUT2D eigenvalue weighted by molar-refractivity contribution is 4.96. The molecule has 0 aromatic rings. The minimum Gasteiger partial charge on any atom is -0.381 e. The second kappa shape index (κ2) is 9.35. The zero-order valence-corrected chi connectivity index (χ0v) is 18.9. The van der Waals surface area contributed by atoms with Gasteiger partial charge in [-0.3, -0.25) is 0 Å². The number of rotatable bonds is 4. The van der Waals surface area contributed by atoms with Crippen molar-refractivity contribution >= 4 is 0 Å². The Hall–Kier alpha value is -0.120. The molecule has 8 unspecified atom stereocenters. The maximum absolute atomic E-state index is 6.17. The van der Waals surface area contributed by atoms with Gasteiger partial charge in [-0.1, -0.05) is 33.6 Å². The van der Waals surface area contributed by atoms with Crippen LogP contribution in [0.3, 0.4) is 0 Å². The van der Waals surface area contributed by atoms with E-state index < -0.39 is 0 Å². The Morgan fingerprint density at radius 3 is 2.25 bits per heavy atom. The third kappa shape index (κ3) is 4.32. The minimum atomic E-state index is 0.435. The second-order valence-electron chi connectivity index (χ2n) is 10.9. The van der Waals surface area contributed by atoms with E-state index in [2.05, 4.69) is 25.7 Å². The van der Waals surface area contributed by atoms with E-state index >= 15 is 0 Å². The fraction of sp³-hybridized carbons (Fsp3) is 1.00. The Kier molecular flexibility index (Phi) is 7.05. The molecule has 2 aliphatic carbocycles. The van der Waals surface area contributed by atoms with Gasteiger partial charge < -0.3 is 14.4 Å². The highest BCUT2D eigenvalue weighted by atomic mass is 16.5. The van der Waals surface area contributed by atoms with Gasteiger partial charge in [0.1, 0.15) is 0 Å². The topological polar surface area (TPSA) is 21.7 Å². The summed E-state index contributed by atoms with van der Waals surface area (Å²) in [7, 11) is 1.97. The van der Waals surface area contributed by atoms with Gasteiger partial charge in [0, 0.05) is 32.9 Å². The molecule has 0 aromatic heterocycles. The van der Waals surface area contributed by atoms with Gasteiger partial charge in [0.2, 0.25) is 0 Å². The van der Waals surface area contributed by atoms with Crippen LogP contribution in [-0.2, 0) is 9.47 Å². The van der Waals surface area contributed by atoms with E-state index in [1.54, 1.807) is 0 Å².